The number of phenols is 1. The molecule has 0 aliphatic rings. The van der Waals surface area contributed by atoms with Crippen molar-refractivity contribution in [1.82, 2.24) is 0 Å². The van der Waals surface area contributed by atoms with Crippen molar-refractivity contribution in [3.63, 3.8) is 0 Å². The van der Waals surface area contributed by atoms with E-state index in [-0.39, 0.29) is 17.9 Å². The summed E-state index contributed by atoms with van der Waals surface area (Å²) >= 11 is 0. The average Bonchev–Trinajstić information content (AvgIpc) is 3.21. The van der Waals surface area contributed by atoms with E-state index >= 15 is 0 Å². The molecule has 5 nitrogen and oxygen atoms in total. The van der Waals surface area contributed by atoms with Crippen molar-refractivity contribution in [1.29, 1.82) is 0 Å². The first-order valence-electron chi connectivity index (χ1n) is 12.0. The van der Waals surface area contributed by atoms with Crippen LogP contribution in [-0.2, 0) is 17.8 Å². The van der Waals surface area contributed by atoms with Crippen LogP contribution in [0, 0.1) is 6.92 Å². The fraction of sp³-hybridized carbons (Fsp3) is 0.345. The number of unbranched alkanes of at least 4 members (excludes halogenated alkanes) is 4. The van der Waals surface area contributed by atoms with E-state index in [1.165, 1.54) is 18.9 Å². The van der Waals surface area contributed by atoms with Crippen LogP contribution in [0.1, 0.15) is 66.1 Å². The second kappa shape index (κ2) is 10.6. The van der Waals surface area contributed by atoms with E-state index in [1.54, 1.807) is 7.11 Å². The molecule has 4 aromatic rings. The first kappa shape index (κ1) is 23.7. The summed E-state index contributed by atoms with van der Waals surface area (Å²) in [6, 6.07) is 14.9. The smallest absolute Gasteiger partial charge is 0.342 e. The summed E-state index contributed by atoms with van der Waals surface area (Å²) in [4.78, 5) is 13.2. The second-order valence-corrected chi connectivity index (χ2v) is 8.77. The molecule has 5 heteroatoms. The van der Waals surface area contributed by atoms with E-state index in [0.717, 1.165) is 46.7 Å². The van der Waals surface area contributed by atoms with Crippen LogP contribution in [0.3, 0.4) is 0 Å². The Kier molecular flexibility index (Phi) is 7.41. The summed E-state index contributed by atoms with van der Waals surface area (Å²) < 4.78 is 17.2. The summed E-state index contributed by atoms with van der Waals surface area (Å²) in [5.74, 6) is 0.0713. The number of benzene rings is 3. The van der Waals surface area contributed by atoms with E-state index in [0.29, 0.717) is 23.3 Å². The first-order chi connectivity index (χ1) is 16.5. The van der Waals surface area contributed by atoms with E-state index in [1.807, 2.05) is 49.4 Å². The standard InChI is InChI=1S/C29H32O5/c1-4-5-6-7-11-14-22-27(29(31)33-18-20-12-9-8-10-13-20)23(30)17-25-28(22)26-19(2)15-21(32-3)16-24(26)34-25/h8-10,12-13,15-17,30H,4-7,11,14,18H2,1-3H3. The number of hydrogen-bond acceptors (Lipinski definition) is 5. The average molecular weight is 461 g/mol. The van der Waals surface area contributed by atoms with Crippen molar-refractivity contribution < 1.29 is 23.8 Å². The number of aryl methyl sites for hydroxylation is 2. The molecule has 34 heavy (non-hydrogen) atoms. The molecule has 0 fully saturated rings. The van der Waals surface area contributed by atoms with Gasteiger partial charge in [0.15, 0.2) is 0 Å². The van der Waals surface area contributed by atoms with Crippen LogP contribution in [-0.4, -0.2) is 18.2 Å². The minimum absolute atomic E-state index is 0.113. The highest BCUT2D eigenvalue weighted by Gasteiger charge is 2.25. The molecule has 178 valence electrons. The lowest BCUT2D eigenvalue weighted by Crippen LogP contribution is -2.10. The molecule has 0 amide bonds. The topological polar surface area (TPSA) is 68.9 Å². The summed E-state index contributed by atoms with van der Waals surface area (Å²) in [5.41, 5.74) is 4.15. The number of methoxy groups -OCH3 is 1. The number of phenolic OH excluding ortho intramolecular Hbond substituents is 1. The fourth-order valence-electron chi connectivity index (χ4n) is 4.59. The van der Waals surface area contributed by atoms with Gasteiger partial charge in [0.25, 0.3) is 0 Å². The number of aromatic hydroxyl groups is 1. The quantitative estimate of drug-likeness (QED) is 0.196. The lowest BCUT2D eigenvalue weighted by atomic mass is 9.93. The van der Waals surface area contributed by atoms with Gasteiger partial charge < -0.3 is 19.0 Å². The molecule has 0 aliphatic heterocycles. The summed E-state index contributed by atoms with van der Waals surface area (Å²) in [7, 11) is 1.62. The van der Waals surface area contributed by atoms with E-state index in [9.17, 15) is 9.90 Å². The van der Waals surface area contributed by atoms with E-state index < -0.39 is 5.97 Å². The molecule has 4 rings (SSSR count). The highest BCUT2D eigenvalue weighted by molar-refractivity contribution is 6.13. The molecule has 3 aromatic carbocycles. The molecule has 0 saturated heterocycles. The van der Waals surface area contributed by atoms with Crippen LogP contribution in [0.5, 0.6) is 11.5 Å². The van der Waals surface area contributed by atoms with Gasteiger partial charge in [-0.2, -0.15) is 0 Å². The normalized spacial score (nSPS) is 11.3. The third kappa shape index (κ3) is 4.89. The largest absolute Gasteiger partial charge is 0.507 e. The zero-order valence-corrected chi connectivity index (χ0v) is 20.1. The maximum absolute atomic E-state index is 13.2. The maximum atomic E-state index is 13.2. The Balaban J connectivity index is 1.79. The number of fused-ring (bicyclic) bond motifs is 3. The summed E-state index contributed by atoms with van der Waals surface area (Å²) in [6.07, 6.45) is 6.14. The lowest BCUT2D eigenvalue weighted by Gasteiger charge is -2.14. The van der Waals surface area contributed by atoms with Crippen LogP contribution in [0.25, 0.3) is 21.9 Å². The number of rotatable bonds is 10. The van der Waals surface area contributed by atoms with Gasteiger partial charge in [0, 0.05) is 22.9 Å². The van der Waals surface area contributed by atoms with Crippen molar-refractivity contribution >= 4 is 27.9 Å². The van der Waals surface area contributed by atoms with Crippen molar-refractivity contribution in [3.05, 3.63) is 70.8 Å². The molecule has 0 spiro atoms. The molecule has 1 aromatic heterocycles. The number of carbonyl (C=O) groups excluding carboxylic acids is 1. The van der Waals surface area contributed by atoms with Crippen molar-refractivity contribution in [3.8, 4) is 11.5 Å². The Morgan fingerprint density at radius 1 is 0.971 bits per heavy atom. The van der Waals surface area contributed by atoms with Gasteiger partial charge in [-0.3, -0.25) is 0 Å². The zero-order valence-electron chi connectivity index (χ0n) is 20.1. The van der Waals surface area contributed by atoms with Gasteiger partial charge in [0.1, 0.15) is 34.8 Å². The highest BCUT2D eigenvalue weighted by Crippen LogP contribution is 2.41. The molecule has 0 unspecified atom stereocenters. The Bertz CT molecular complexity index is 1290. The molecule has 0 atom stereocenters. The number of ether oxygens (including phenoxy) is 2. The van der Waals surface area contributed by atoms with Crippen LogP contribution < -0.4 is 4.74 Å². The minimum Gasteiger partial charge on any atom is -0.507 e. The zero-order chi connectivity index (χ0) is 24.1. The van der Waals surface area contributed by atoms with E-state index in [2.05, 4.69) is 6.92 Å². The molecule has 0 saturated carbocycles. The SMILES string of the molecule is CCCCCCCc1c(C(=O)OCc2ccccc2)c(O)cc2oc3cc(OC)cc(C)c3c12. The number of furan rings is 1. The van der Waals surface area contributed by atoms with Gasteiger partial charge in [0.2, 0.25) is 0 Å². The van der Waals surface area contributed by atoms with Gasteiger partial charge in [-0.1, -0.05) is 62.9 Å². The molecule has 0 radical (unpaired) electrons. The predicted octanol–water partition coefficient (Wildman–Crippen LogP) is 7.48. The Hall–Kier alpha value is -3.47. The minimum atomic E-state index is -0.521. The molecular formula is C29H32O5. The number of hydrogen-bond donors (Lipinski definition) is 1. The van der Waals surface area contributed by atoms with Crippen LogP contribution in [0.4, 0.5) is 0 Å². The molecule has 1 heterocycles. The van der Waals surface area contributed by atoms with Gasteiger partial charge in [-0.05, 0) is 42.5 Å². The van der Waals surface area contributed by atoms with Crippen LogP contribution in [0.15, 0.2) is 52.9 Å². The van der Waals surface area contributed by atoms with Crippen LogP contribution in [0.2, 0.25) is 0 Å². The van der Waals surface area contributed by atoms with Crippen molar-refractivity contribution in [2.45, 2.75) is 59.0 Å². The van der Waals surface area contributed by atoms with Gasteiger partial charge >= 0.3 is 5.97 Å². The lowest BCUT2D eigenvalue weighted by molar-refractivity contribution is 0.0468. The molecule has 0 bridgehead atoms. The first-order valence-corrected chi connectivity index (χ1v) is 12.0. The van der Waals surface area contributed by atoms with Crippen LogP contribution >= 0.6 is 0 Å². The molecule has 1 N–H and O–H groups in total. The maximum Gasteiger partial charge on any atom is 0.342 e. The third-order valence-corrected chi connectivity index (χ3v) is 6.30. The fourth-order valence-corrected chi connectivity index (χ4v) is 4.59. The number of carbonyl (C=O) groups is 1. The monoisotopic (exact) mass is 460 g/mol. The Morgan fingerprint density at radius 3 is 2.44 bits per heavy atom. The van der Waals surface area contributed by atoms with E-state index in [4.69, 9.17) is 13.9 Å². The van der Waals surface area contributed by atoms with Crippen molar-refractivity contribution in [2.24, 2.45) is 0 Å². The predicted molar refractivity (Wildman–Crippen MR) is 135 cm³/mol. The van der Waals surface area contributed by atoms with Crippen molar-refractivity contribution in [2.75, 3.05) is 7.11 Å². The summed E-state index contributed by atoms with van der Waals surface area (Å²) in [5, 5.41) is 12.7. The van der Waals surface area contributed by atoms with Gasteiger partial charge in [-0.15, -0.1) is 0 Å². The Morgan fingerprint density at radius 2 is 1.71 bits per heavy atom. The molecule has 0 aliphatic carbocycles. The van der Waals surface area contributed by atoms with Gasteiger partial charge in [-0.25, -0.2) is 4.79 Å². The molecular weight excluding hydrogens is 428 g/mol. The highest BCUT2D eigenvalue weighted by atomic mass is 16.5. The summed E-state index contributed by atoms with van der Waals surface area (Å²) in [6.45, 7) is 4.34. The van der Waals surface area contributed by atoms with Gasteiger partial charge in [0.05, 0.1) is 7.11 Å². The third-order valence-electron chi connectivity index (χ3n) is 6.30. The number of esters is 1. The second-order valence-electron chi connectivity index (χ2n) is 8.77. The Labute approximate surface area is 200 Å².